The molecule has 0 aliphatic heterocycles. The molecule has 1 aromatic heterocycles. The highest BCUT2D eigenvalue weighted by Gasteiger charge is 2.17. The predicted octanol–water partition coefficient (Wildman–Crippen LogP) is 1.85. The molecule has 7 nitrogen and oxygen atoms in total. The van der Waals surface area contributed by atoms with Crippen LogP contribution in [0.2, 0.25) is 0 Å². The van der Waals surface area contributed by atoms with Gasteiger partial charge in [0.1, 0.15) is 12.4 Å². The second kappa shape index (κ2) is 9.90. The van der Waals surface area contributed by atoms with Crippen molar-refractivity contribution in [2.45, 2.75) is 12.5 Å². The lowest BCUT2D eigenvalue weighted by Gasteiger charge is -2.16. The zero-order valence-electron chi connectivity index (χ0n) is 11.5. The van der Waals surface area contributed by atoms with E-state index in [4.69, 9.17) is 11.0 Å². The van der Waals surface area contributed by atoms with Gasteiger partial charge in [-0.3, -0.25) is 4.79 Å². The second-order valence-electron chi connectivity index (χ2n) is 3.89. The third kappa shape index (κ3) is 6.37. The van der Waals surface area contributed by atoms with Gasteiger partial charge in [0.15, 0.2) is 0 Å². The molecular formula is C12H16N6OS2. The van der Waals surface area contributed by atoms with E-state index in [1.54, 1.807) is 23.2 Å². The van der Waals surface area contributed by atoms with Crippen molar-refractivity contribution in [3.63, 3.8) is 0 Å². The summed E-state index contributed by atoms with van der Waals surface area (Å²) in [7, 11) is 0. The third-order valence-electron chi connectivity index (χ3n) is 2.42. The van der Waals surface area contributed by atoms with Gasteiger partial charge in [0, 0.05) is 5.38 Å². The quantitative estimate of drug-likeness (QED) is 0.249. The Balaban J connectivity index is 2.70. The third-order valence-corrected chi connectivity index (χ3v) is 3.75. The van der Waals surface area contributed by atoms with Crippen LogP contribution in [0, 0.1) is 11.3 Å². The van der Waals surface area contributed by atoms with Crippen LogP contribution >= 0.6 is 23.1 Å². The van der Waals surface area contributed by atoms with E-state index < -0.39 is 6.04 Å². The van der Waals surface area contributed by atoms with E-state index in [-0.39, 0.29) is 18.3 Å². The highest BCUT2D eigenvalue weighted by atomic mass is 32.2. The topological polar surface area (TPSA) is 116 Å². The molecule has 0 aromatic carbocycles. The van der Waals surface area contributed by atoms with Crippen molar-refractivity contribution in [3.8, 4) is 6.07 Å². The molecule has 1 amide bonds. The molecule has 9 heteroatoms. The van der Waals surface area contributed by atoms with Crippen LogP contribution in [-0.4, -0.2) is 36.3 Å². The van der Waals surface area contributed by atoms with Crippen LogP contribution in [0.15, 0.2) is 32.3 Å². The Labute approximate surface area is 131 Å². The maximum Gasteiger partial charge on any atom is 0.252 e. The highest BCUT2D eigenvalue weighted by molar-refractivity contribution is 7.98. The van der Waals surface area contributed by atoms with Gasteiger partial charge in [-0.05, 0) is 35.1 Å². The lowest BCUT2D eigenvalue weighted by atomic mass is 10.2. The second-order valence-corrected chi connectivity index (χ2v) is 5.66. The number of nitrogens with zero attached hydrogens (tertiary/aromatic N) is 4. The van der Waals surface area contributed by atoms with Crippen LogP contribution < -0.4 is 11.1 Å². The van der Waals surface area contributed by atoms with Crippen molar-refractivity contribution in [2.75, 3.05) is 18.6 Å². The number of carbonyl (C=O) groups excluding carboxylic acids is 1. The van der Waals surface area contributed by atoms with Gasteiger partial charge in [-0.2, -0.15) is 33.5 Å². The Bertz CT molecular complexity index is 534. The Morgan fingerprint density at radius 1 is 1.67 bits per heavy atom. The zero-order chi connectivity index (χ0) is 15.5. The van der Waals surface area contributed by atoms with E-state index in [0.29, 0.717) is 12.0 Å². The number of nitrogens with one attached hydrogen (secondary N) is 1. The molecule has 0 aliphatic rings. The Hall–Kier alpha value is -1.92. The molecule has 0 radical (unpaired) electrons. The summed E-state index contributed by atoms with van der Waals surface area (Å²) in [6, 6.07) is 3.14. The van der Waals surface area contributed by atoms with E-state index in [1.165, 1.54) is 11.3 Å². The molecule has 0 saturated heterocycles. The molecule has 112 valence electrons. The molecule has 1 unspecified atom stereocenters. The SMILES string of the molecule is CSCCC(NC(=O)c1ccsc1)C(N)=NN=NCC#N. The van der Waals surface area contributed by atoms with Crippen molar-refractivity contribution < 1.29 is 4.79 Å². The number of thioether (sulfide) groups is 1. The molecule has 0 fully saturated rings. The van der Waals surface area contributed by atoms with Crippen LogP contribution in [0.1, 0.15) is 16.8 Å². The largest absolute Gasteiger partial charge is 0.384 e. The number of hydrogen-bond donors (Lipinski definition) is 2. The van der Waals surface area contributed by atoms with Gasteiger partial charge in [-0.25, -0.2) is 0 Å². The minimum Gasteiger partial charge on any atom is -0.384 e. The number of carbonyl (C=O) groups is 1. The smallest absolute Gasteiger partial charge is 0.252 e. The standard InChI is InChI=1S/C12H16N6OS2/c1-20-6-3-10(11(14)17-18-15-5-4-13)16-12(19)9-2-7-21-8-9/h2,7-8,10H,3,5-6H2,1H3,(H,16,19)(H2,14,15,17). The van der Waals surface area contributed by atoms with E-state index in [9.17, 15) is 4.79 Å². The van der Waals surface area contributed by atoms with Gasteiger partial charge in [0.25, 0.3) is 5.91 Å². The van der Waals surface area contributed by atoms with E-state index in [1.807, 2.05) is 17.7 Å². The minimum atomic E-state index is -0.411. The van der Waals surface area contributed by atoms with Crippen molar-refractivity contribution >= 4 is 34.8 Å². The average Bonchev–Trinajstić information content (AvgIpc) is 3.02. The van der Waals surface area contributed by atoms with Crippen LogP contribution in [0.4, 0.5) is 0 Å². The van der Waals surface area contributed by atoms with E-state index >= 15 is 0 Å². The molecule has 0 bridgehead atoms. The van der Waals surface area contributed by atoms with Crippen molar-refractivity contribution in [1.82, 2.24) is 5.32 Å². The first-order valence-electron chi connectivity index (χ1n) is 6.07. The molecule has 0 saturated carbocycles. The molecule has 1 rings (SSSR count). The number of amides is 1. The molecule has 0 aliphatic carbocycles. The Morgan fingerprint density at radius 2 is 2.48 bits per heavy atom. The monoisotopic (exact) mass is 324 g/mol. The summed E-state index contributed by atoms with van der Waals surface area (Å²) in [5.74, 6) is 0.795. The lowest BCUT2D eigenvalue weighted by Crippen LogP contribution is -2.44. The van der Waals surface area contributed by atoms with Crippen molar-refractivity contribution in [1.29, 1.82) is 5.26 Å². The number of nitrogens with two attached hydrogens (primary N) is 1. The van der Waals surface area contributed by atoms with Gasteiger partial charge in [-0.1, -0.05) is 0 Å². The van der Waals surface area contributed by atoms with Gasteiger partial charge >= 0.3 is 0 Å². The molecular weight excluding hydrogens is 308 g/mol. The van der Waals surface area contributed by atoms with Crippen LogP contribution in [0.5, 0.6) is 0 Å². The first kappa shape index (κ1) is 17.1. The van der Waals surface area contributed by atoms with Gasteiger partial charge < -0.3 is 11.1 Å². The highest BCUT2D eigenvalue weighted by Crippen LogP contribution is 2.08. The molecule has 1 atom stereocenters. The van der Waals surface area contributed by atoms with Crippen molar-refractivity contribution in [3.05, 3.63) is 22.4 Å². The first-order chi connectivity index (χ1) is 10.2. The summed E-state index contributed by atoms with van der Waals surface area (Å²) in [5.41, 5.74) is 6.43. The van der Waals surface area contributed by atoms with Crippen LogP contribution in [0.3, 0.4) is 0 Å². The molecule has 1 aromatic rings. The molecule has 0 spiro atoms. The number of thiophene rings is 1. The summed E-state index contributed by atoms with van der Waals surface area (Å²) < 4.78 is 0. The first-order valence-corrected chi connectivity index (χ1v) is 8.41. The Morgan fingerprint density at radius 3 is 3.10 bits per heavy atom. The summed E-state index contributed by atoms with van der Waals surface area (Å²) in [5, 5.41) is 25.5. The van der Waals surface area contributed by atoms with Crippen LogP contribution in [-0.2, 0) is 0 Å². The average molecular weight is 324 g/mol. The Kier molecular flexibility index (Phi) is 8.08. The van der Waals surface area contributed by atoms with Gasteiger partial charge in [-0.15, -0.1) is 5.10 Å². The summed E-state index contributed by atoms with van der Waals surface area (Å²) in [6.45, 7) is -0.0759. The predicted molar refractivity (Wildman–Crippen MR) is 85.5 cm³/mol. The maximum absolute atomic E-state index is 12.0. The normalized spacial score (nSPS) is 13.0. The molecule has 21 heavy (non-hydrogen) atoms. The van der Waals surface area contributed by atoms with Gasteiger partial charge in [0.2, 0.25) is 0 Å². The maximum atomic E-state index is 12.0. The number of amidine groups is 1. The van der Waals surface area contributed by atoms with E-state index in [0.717, 1.165) is 5.75 Å². The summed E-state index contributed by atoms with van der Waals surface area (Å²) in [4.78, 5) is 12.0. The molecule has 1 heterocycles. The zero-order valence-corrected chi connectivity index (χ0v) is 13.2. The number of nitriles is 1. The fraction of sp³-hybridized carbons (Fsp3) is 0.417. The van der Waals surface area contributed by atoms with Crippen molar-refractivity contribution in [2.24, 2.45) is 21.2 Å². The lowest BCUT2D eigenvalue weighted by molar-refractivity contribution is 0.0946. The summed E-state index contributed by atoms with van der Waals surface area (Å²) in [6.07, 6.45) is 2.61. The fourth-order valence-corrected chi connectivity index (χ4v) is 2.49. The number of rotatable bonds is 8. The van der Waals surface area contributed by atoms with E-state index in [2.05, 4.69) is 20.8 Å². The minimum absolute atomic E-state index is 0.0759. The van der Waals surface area contributed by atoms with Gasteiger partial charge in [0.05, 0.1) is 17.7 Å². The molecule has 3 N–H and O–H groups in total. The summed E-state index contributed by atoms with van der Waals surface area (Å²) >= 11 is 3.10. The van der Waals surface area contributed by atoms with Crippen LogP contribution in [0.25, 0.3) is 0 Å². The fourth-order valence-electron chi connectivity index (χ4n) is 1.38. The number of hydrogen-bond acceptors (Lipinski definition) is 6.